The Kier molecular flexibility index (Phi) is 1.59. The first-order chi connectivity index (χ1) is 7.93. The first-order valence-corrected chi connectivity index (χ1v) is 6.17. The summed E-state index contributed by atoms with van der Waals surface area (Å²) < 4.78 is 0. The molecule has 4 rings (SSSR count). The molecule has 0 unspecified atom stereocenters. The van der Waals surface area contributed by atoms with E-state index in [-0.39, 0.29) is 0 Å². The molecule has 2 aromatic rings. The summed E-state index contributed by atoms with van der Waals surface area (Å²) in [5.41, 5.74) is 3.10. The molecular formula is C16H14. The zero-order chi connectivity index (χ0) is 10.5. The molecule has 0 saturated carbocycles. The lowest BCUT2D eigenvalue weighted by Crippen LogP contribution is -2.18. The second-order valence-corrected chi connectivity index (χ2v) is 4.86. The SMILES string of the molecule is C1=c2ccc3c4c(ccc(c24)CC1)=CCC3. The van der Waals surface area contributed by atoms with Crippen LogP contribution in [0.25, 0.3) is 22.9 Å². The predicted molar refractivity (Wildman–Crippen MR) is 68.8 cm³/mol. The van der Waals surface area contributed by atoms with Gasteiger partial charge in [-0.25, -0.2) is 0 Å². The van der Waals surface area contributed by atoms with E-state index in [1.165, 1.54) is 46.9 Å². The summed E-state index contributed by atoms with van der Waals surface area (Å²) in [6.07, 6.45) is 9.62. The first-order valence-electron chi connectivity index (χ1n) is 6.17. The van der Waals surface area contributed by atoms with Gasteiger partial charge in [0.05, 0.1) is 0 Å². The van der Waals surface area contributed by atoms with Crippen LogP contribution in [0.2, 0.25) is 0 Å². The molecule has 0 fully saturated rings. The van der Waals surface area contributed by atoms with Gasteiger partial charge in [-0.05, 0) is 58.0 Å². The molecule has 0 N–H and O–H groups in total. The number of aryl methyl sites for hydroxylation is 2. The minimum atomic E-state index is 1.20. The summed E-state index contributed by atoms with van der Waals surface area (Å²) in [7, 11) is 0. The van der Waals surface area contributed by atoms with Gasteiger partial charge in [-0.3, -0.25) is 0 Å². The highest BCUT2D eigenvalue weighted by atomic mass is 14.2. The third-order valence-electron chi connectivity index (χ3n) is 3.95. The highest BCUT2D eigenvalue weighted by molar-refractivity contribution is 5.92. The van der Waals surface area contributed by atoms with Crippen LogP contribution in [0.15, 0.2) is 24.3 Å². The average Bonchev–Trinajstić information content (AvgIpc) is 2.36. The number of rotatable bonds is 0. The second-order valence-electron chi connectivity index (χ2n) is 4.86. The summed E-state index contributed by atoms with van der Waals surface area (Å²) >= 11 is 0. The summed E-state index contributed by atoms with van der Waals surface area (Å²) in [6, 6.07) is 9.30. The van der Waals surface area contributed by atoms with E-state index in [2.05, 4.69) is 36.4 Å². The minimum Gasteiger partial charge on any atom is -0.0763 e. The highest BCUT2D eigenvalue weighted by Crippen LogP contribution is 2.23. The largest absolute Gasteiger partial charge is 0.0763 e. The van der Waals surface area contributed by atoms with Gasteiger partial charge in [0.15, 0.2) is 0 Å². The van der Waals surface area contributed by atoms with Gasteiger partial charge in [-0.2, -0.15) is 0 Å². The Balaban J connectivity index is 2.39. The quantitative estimate of drug-likeness (QED) is 0.620. The Labute approximate surface area is 94.9 Å². The van der Waals surface area contributed by atoms with Crippen LogP contribution >= 0.6 is 0 Å². The zero-order valence-electron chi connectivity index (χ0n) is 9.29. The lowest BCUT2D eigenvalue weighted by atomic mass is 9.87. The molecule has 2 aromatic carbocycles. The van der Waals surface area contributed by atoms with Crippen molar-refractivity contribution in [2.24, 2.45) is 0 Å². The third-order valence-corrected chi connectivity index (χ3v) is 3.95. The van der Waals surface area contributed by atoms with Gasteiger partial charge >= 0.3 is 0 Å². The van der Waals surface area contributed by atoms with Gasteiger partial charge in [-0.15, -0.1) is 0 Å². The summed E-state index contributed by atoms with van der Waals surface area (Å²) in [6.45, 7) is 0. The molecule has 0 amide bonds. The molecule has 0 atom stereocenters. The number of benzene rings is 2. The Hall–Kier alpha value is -1.56. The van der Waals surface area contributed by atoms with Gasteiger partial charge in [0.25, 0.3) is 0 Å². The molecule has 0 spiro atoms. The van der Waals surface area contributed by atoms with Crippen LogP contribution in [-0.2, 0) is 12.8 Å². The fourth-order valence-electron chi connectivity index (χ4n) is 3.22. The minimum absolute atomic E-state index is 1.20. The molecule has 0 saturated heterocycles. The molecule has 2 aliphatic carbocycles. The van der Waals surface area contributed by atoms with E-state index in [4.69, 9.17) is 0 Å². The molecule has 0 radical (unpaired) electrons. The molecule has 0 heteroatoms. The number of hydrogen-bond donors (Lipinski definition) is 0. The topological polar surface area (TPSA) is 0 Å². The van der Waals surface area contributed by atoms with E-state index in [0.29, 0.717) is 0 Å². The van der Waals surface area contributed by atoms with Gasteiger partial charge in [0.2, 0.25) is 0 Å². The third kappa shape index (κ3) is 0.996. The van der Waals surface area contributed by atoms with Crippen molar-refractivity contribution in [2.75, 3.05) is 0 Å². The van der Waals surface area contributed by atoms with Crippen LogP contribution in [0.1, 0.15) is 24.0 Å². The van der Waals surface area contributed by atoms with Crippen molar-refractivity contribution < 1.29 is 0 Å². The lowest BCUT2D eigenvalue weighted by Gasteiger charge is -2.17. The molecule has 2 aliphatic rings. The summed E-state index contributed by atoms with van der Waals surface area (Å²) in [5, 5.41) is 5.99. The van der Waals surface area contributed by atoms with E-state index in [9.17, 15) is 0 Å². The Morgan fingerprint density at radius 1 is 0.625 bits per heavy atom. The van der Waals surface area contributed by atoms with Crippen LogP contribution in [0, 0.1) is 0 Å². The van der Waals surface area contributed by atoms with Crippen molar-refractivity contribution in [3.63, 3.8) is 0 Å². The molecule has 0 bridgehead atoms. The molecular weight excluding hydrogens is 192 g/mol. The van der Waals surface area contributed by atoms with E-state index in [1.807, 2.05) is 0 Å². The van der Waals surface area contributed by atoms with Crippen molar-refractivity contribution in [1.82, 2.24) is 0 Å². The van der Waals surface area contributed by atoms with Crippen molar-refractivity contribution >= 4 is 22.9 Å². The molecule has 16 heavy (non-hydrogen) atoms. The summed E-state index contributed by atoms with van der Waals surface area (Å²) in [5.74, 6) is 0. The highest BCUT2D eigenvalue weighted by Gasteiger charge is 2.12. The van der Waals surface area contributed by atoms with E-state index in [0.717, 1.165) is 0 Å². The monoisotopic (exact) mass is 206 g/mol. The average molecular weight is 206 g/mol. The van der Waals surface area contributed by atoms with Crippen LogP contribution in [-0.4, -0.2) is 0 Å². The Morgan fingerprint density at radius 2 is 1.12 bits per heavy atom. The maximum absolute atomic E-state index is 2.39. The first kappa shape index (κ1) is 8.58. The maximum atomic E-state index is 2.39. The standard InChI is InChI=1S/C16H14/c1-3-11-7-9-13-5-2-6-14-10-8-12(4-1)15(11)16(13)14/h3,6-10H,1-2,4-5H2. The van der Waals surface area contributed by atoms with E-state index >= 15 is 0 Å². The van der Waals surface area contributed by atoms with Gasteiger partial charge in [-0.1, -0.05) is 36.4 Å². The van der Waals surface area contributed by atoms with Crippen LogP contribution in [0.5, 0.6) is 0 Å². The Morgan fingerprint density at radius 3 is 1.62 bits per heavy atom. The van der Waals surface area contributed by atoms with Crippen LogP contribution in [0.3, 0.4) is 0 Å². The van der Waals surface area contributed by atoms with E-state index < -0.39 is 0 Å². The molecule has 0 aliphatic heterocycles. The number of hydrogen-bond acceptors (Lipinski definition) is 0. The molecule has 78 valence electrons. The lowest BCUT2D eigenvalue weighted by molar-refractivity contribution is 1.01. The molecule has 0 aromatic heterocycles. The normalized spacial score (nSPS) is 16.8. The van der Waals surface area contributed by atoms with E-state index in [1.54, 1.807) is 11.1 Å². The van der Waals surface area contributed by atoms with Crippen molar-refractivity contribution in [3.8, 4) is 0 Å². The van der Waals surface area contributed by atoms with Crippen molar-refractivity contribution in [1.29, 1.82) is 0 Å². The predicted octanol–water partition coefficient (Wildman–Crippen LogP) is 2.29. The zero-order valence-corrected chi connectivity index (χ0v) is 9.29. The maximum Gasteiger partial charge on any atom is -0.00737 e. The van der Waals surface area contributed by atoms with Crippen molar-refractivity contribution in [3.05, 3.63) is 45.8 Å². The molecule has 0 nitrogen and oxygen atoms in total. The van der Waals surface area contributed by atoms with Crippen LogP contribution in [0.4, 0.5) is 0 Å². The molecule has 0 heterocycles. The van der Waals surface area contributed by atoms with Crippen molar-refractivity contribution in [2.45, 2.75) is 25.7 Å². The van der Waals surface area contributed by atoms with Gasteiger partial charge in [0, 0.05) is 0 Å². The summed E-state index contributed by atoms with van der Waals surface area (Å²) in [4.78, 5) is 0. The van der Waals surface area contributed by atoms with Gasteiger partial charge < -0.3 is 0 Å². The smallest absolute Gasteiger partial charge is 0.00737 e. The second kappa shape index (κ2) is 2.98. The Bertz CT molecular complexity index is 642. The fourth-order valence-corrected chi connectivity index (χ4v) is 3.22. The fraction of sp³-hybridized carbons (Fsp3) is 0.250. The van der Waals surface area contributed by atoms with Gasteiger partial charge in [0.1, 0.15) is 0 Å². The van der Waals surface area contributed by atoms with Crippen LogP contribution < -0.4 is 10.4 Å².